The van der Waals surface area contributed by atoms with Gasteiger partial charge in [-0.15, -0.1) is 0 Å². The molecule has 1 heterocycles. The lowest BCUT2D eigenvalue weighted by Crippen LogP contribution is -2.41. The molecule has 2 nitrogen and oxygen atoms in total. The zero-order chi connectivity index (χ0) is 14.1. The largest absolute Gasteiger partial charge is 0.312 e. The first-order valence-corrected chi connectivity index (χ1v) is 8.34. The van der Waals surface area contributed by atoms with Crippen molar-refractivity contribution >= 4 is 15.9 Å². The minimum Gasteiger partial charge on any atom is -0.312 e. The van der Waals surface area contributed by atoms with Gasteiger partial charge in [0.25, 0.3) is 0 Å². The Hall–Kier alpha value is -0.450. The van der Waals surface area contributed by atoms with Crippen LogP contribution in [-0.2, 0) is 6.54 Å². The fraction of sp³-hybridized carbons (Fsp3) is 0.625. The Bertz CT molecular complexity index is 476. The van der Waals surface area contributed by atoms with Crippen molar-refractivity contribution in [3.8, 4) is 0 Å². The fourth-order valence-electron chi connectivity index (χ4n) is 3.06. The number of benzene rings is 1. The maximum absolute atomic E-state index is 14.0. The van der Waals surface area contributed by atoms with Crippen LogP contribution in [0.5, 0.6) is 0 Å². The molecule has 1 N–H and O–H groups in total. The average molecular weight is 341 g/mol. The van der Waals surface area contributed by atoms with Crippen LogP contribution in [0.4, 0.5) is 4.39 Å². The van der Waals surface area contributed by atoms with Crippen molar-refractivity contribution in [2.24, 2.45) is 5.92 Å². The number of halogens is 2. The summed E-state index contributed by atoms with van der Waals surface area (Å²) in [5, 5.41) is 3.67. The molecule has 1 aromatic rings. The highest BCUT2D eigenvalue weighted by Gasteiger charge is 2.34. The Labute approximate surface area is 128 Å². The Morgan fingerprint density at radius 3 is 2.85 bits per heavy atom. The van der Waals surface area contributed by atoms with Crippen molar-refractivity contribution in [1.82, 2.24) is 10.2 Å². The summed E-state index contributed by atoms with van der Waals surface area (Å²) in [6, 6.07) is 6.50. The molecule has 0 amide bonds. The van der Waals surface area contributed by atoms with E-state index >= 15 is 0 Å². The topological polar surface area (TPSA) is 15.3 Å². The molecule has 0 bridgehead atoms. The van der Waals surface area contributed by atoms with Crippen molar-refractivity contribution in [2.75, 3.05) is 13.1 Å². The molecule has 1 aliphatic heterocycles. The van der Waals surface area contributed by atoms with Gasteiger partial charge in [0.15, 0.2) is 0 Å². The highest BCUT2D eigenvalue weighted by atomic mass is 79.9. The standard InChI is InChI=1S/C16H22BrFN2/c1-11-6-7-19-16(12-2-3-12)10-20(11)9-13-4-5-14(17)8-15(13)18/h4-5,8,11-12,16,19H,2-3,6-7,9-10H2,1H3. The second-order valence-corrected chi connectivity index (χ2v) is 7.12. The monoisotopic (exact) mass is 340 g/mol. The summed E-state index contributed by atoms with van der Waals surface area (Å²) >= 11 is 3.32. The molecular formula is C16H22BrFN2. The zero-order valence-corrected chi connectivity index (χ0v) is 13.5. The Morgan fingerprint density at radius 2 is 2.15 bits per heavy atom. The van der Waals surface area contributed by atoms with Gasteiger partial charge >= 0.3 is 0 Å². The first-order chi connectivity index (χ1) is 9.63. The molecule has 20 heavy (non-hydrogen) atoms. The van der Waals surface area contributed by atoms with Gasteiger partial charge in [-0.1, -0.05) is 22.0 Å². The number of nitrogens with one attached hydrogen (secondary N) is 1. The summed E-state index contributed by atoms with van der Waals surface area (Å²) < 4.78 is 14.8. The second-order valence-electron chi connectivity index (χ2n) is 6.20. The van der Waals surface area contributed by atoms with E-state index in [0.717, 1.165) is 35.5 Å². The molecule has 2 atom stereocenters. The van der Waals surface area contributed by atoms with Crippen LogP contribution < -0.4 is 5.32 Å². The van der Waals surface area contributed by atoms with Crippen LogP contribution in [0.25, 0.3) is 0 Å². The van der Waals surface area contributed by atoms with Gasteiger partial charge in [-0.2, -0.15) is 0 Å². The Morgan fingerprint density at radius 1 is 1.35 bits per heavy atom. The molecular weight excluding hydrogens is 319 g/mol. The van der Waals surface area contributed by atoms with E-state index in [2.05, 4.69) is 33.1 Å². The molecule has 1 saturated carbocycles. The predicted molar refractivity (Wildman–Crippen MR) is 83.1 cm³/mol. The third-order valence-electron chi connectivity index (χ3n) is 4.60. The predicted octanol–water partition coefficient (Wildman–Crippen LogP) is 3.55. The summed E-state index contributed by atoms with van der Waals surface area (Å²) in [5.74, 6) is 0.740. The molecule has 1 aromatic carbocycles. The maximum atomic E-state index is 14.0. The van der Waals surface area contributed by atoms with E-state index in [9.17, 15) is 4.39 Å². The van der Waals surface area contributed by atoms with E-state index in [1.165, 1.54) is 12.8 Å². The average Bonchev–Trinajstić information content (AvgIpc) is 3.22. The molecule has 0 radical (unpaired) electrons. The second kappa shape index (κ2) is 6.12. The van der Waals surface area contributed by atoms with Crippen LogP contribution in [0.3, 0.4) is 0 Å². The summed E-state index contributed by atoms with van der Waals surface area (Å²) in [6.45, 7) is 5.10. The normalized spacial score (nSPS) is 28.4. The van der Waals surface area contributed by atoms with Gasteiger partial charge in [0.05, 0.1) is 0 Å². The van der Waals surface area contributed by atoms with Crippen LogP contribution in [0.15, 0.2) is 22.7 Å². The number of hydrogen-bond acceptors (Lipinski definition) is 2. The highest BCUT2D eigenvalue weighted by Crippen LogP contribution is 2.34. The first-order valence-electron chi connectivity index (χ1n) is 7.55. The van der Waals surface area contributed by atoms with Gasteiger partial charge in [0.1, 0.15) is 5.82 Å². The van der Waals surface area contributed by atoms with Gasteiger partial charge in [-0.3, -0.25) is 4.90 Å². The van der Waals surface area contributed by atoms with Gasteiger partial charge in [-0.25, -0.2) is 4.39 Å². The quantitative estimate of drug-likeness (QED) is 0.905. The van der Waals surface area contributed by atoms with Crippen LogP contribution in [0, 0.1) is 11.7 Å². The van der Waals surface area contributed by atoms with Crippen molar-refractivity contribution in [3.63, 3.8) is 0 Å². The SMILES string of the molecule is CC1CCNC(C2CC2)CN1Cc1ccc(Br)cc1F. The number of hydrogen-bond donors (Lipinski definition) is 1. The molecule has 1 saturated heterocycles. The number of nitrogens with zero attached hydrogens (tertiary/aromatic N) is 1. The number of rotatable bonds is 3. The minimum absolute atomic E-state index is 0.105. The lowest BCUT2D eigenvalue weighted by atomic mass is 10.1. The van der Waals surface area contributed by atoms with E-state index in [1.54, 1.807) is 6.07 Å². The third-order valence-corrected chi connectivity index (χ3v) is 5.10. The van der Waals surface area contributed by atoms with Crippen molar-refractivity contribution < 1.29 is 4.39 Å². The molecule has 0 aromatic heterocycles. The zero-order valence-electron chi connectivity index (χ0n) is 11.9. The smallest absolute Gasteiger partial charge is 0.128 e. The van der Waals surface area contributed by atoms with Gasteiger partial charge in [0, 0.05) is 35.2 Å². The molecule has 2 unspecified atom stereocenters. The summed E-state index contributed by atoms with van der Waals surface area (Å²) in [4.78, 5) is 2.44. The van der Waals surface area contributed by atoms with Gasteiger partial charge in [-0.05, 0) is 50.8 Å². The van der Waals surface area contributed by atoms with Gasteiger partial charge in [0.2, 0.25) is 0 Å². The maximum Gasteiger partial charge on any atom is 0.128 e. The van der Waals surface area contributed by atoms with E-state index < -0.39 is 0 Å². The van der Waals surface area contributed by atoms with Crippen LogP contribution in [0.1, 0.15) is 31.7 Å². The molecule has 3 rings (SSSR count). The molecule has 2 fully saturated rings. The third kappa shape index (κ3) is 3.41. The molecule has 110 valence electrons. The fourth-order valence-corrected chi connectivity index (χ4v) is 3.39. The summed E-state index contributed by atoms with van der Waals surface area (Å²) in [6.07, 6.45) is 3.85. The van der Waals surface area contributed by atoms with Crippen LogP contribution in [-0.4, -0.2) is 30.1 Å². The Balaban J connectivity index is 1.72. The summed E-state index contributed by atoms with van der Waals surface area (Å²) in [7, 11) is 0. The minimum atomic E-state index is -0.105. The molecule has 4 heteroatoms. The highest BCUT2D eigenvalue weighted by molar-refractivity contribution is 9.10. The van der Waals surface area contributed by atoms with Gasteiger partial charge < -0.3 is 5.32 Å². The van der Waals surface area contributed by atoms with Crippen molar-refractivity contribution in [3.05, 3.63) is 34.1 Å². The summed E-state index contributed by atoms with van der Waals surface area (Å²) in [5.41, 5.74) is 0.802. The van der Waals surface area contributed by atoms with E-state index in [-0.39, 0.29) is 5.82 Å². The molecule has 1 aliphatic carbocycles. The Kier molecular flexibility index (Phi) is 4.43. The van der Waals surface area contributed by atoms with Crippen molar-refractivity contribution in [1.29, 1.82) is 0 Å². The lowest BCUT2D eigenvalue weighted by Gasteiger charge is -2.29. The van der Waals surface area contributed by atoms with E-state index in [1.807, 2.05) is 12.1 Å². The van der Waals surface area contributed by atoms with Crippen molar-refractivity contribution in [2.45, 2.75) is 44.8 Å². The molecule has 0 spiro atoms. The van der Waals surface area contributed by atoms with E-state index in [0.29, 0.717) is 18.6 Å². The first kappa shape index (κ1) is 14.5. The van der Waals surface area contributed by atoms with Crippen LogP contribution >= 0.6 is 15.9 Å². The lowest BCUT2D eigenvalue weighted by molar-refractivity contribution is 0.188. The molecule has 2 aliphatic rings. The van der Waals surface area contributed by atoms with Crippen LogP contribution in [0.2, 0.25) is 0 Å². The van der Waals surface area contributed by atoms with E-state index in [4.69, 9.17) is 0 Å².